The molecule has 0 amide bonds. The molecule has 2 nitrogen and oxygen atoms in total. The standard InChI is InChI=1S/C12H9NO/c13-10-6-3-5-9-8-4-1-2-7-11(8)14-12(9)10/h1-7H,13H2/i1D,2D,3D,4D,5D,6D,7D. The van der Waals surface area contributed by atoms with Gasteiger partial charge >= 0.3 is 0 Å². The van der Waals surface area contributed by atoms with Crippen LogP contribution in [0.3, 0.4) is 0 Å². The number of rotatable bonds is 0. The number of furan rings is 1. The lowest BCUT2D eigenvalue weighted by molar-refractivity contribution is 0.670. The third kappa shape index (κ3) is 0.852. The van der Waals surface area contributed by atoms with Crippen LogP contribution in [0.25, 0.3) is 21.9 Å². The molecular weight excluding hydrogens is 174 g/mol. The van der Waals surface area contributed by atoms with Crippen molar-refractivity contribution in [2.45, 2.75) is 0 Å². The number of nitrogens with two attached hydrogens (primary N) is 1. The number of nitrogen functional groups attached to an aromatic ring is 1. The van der Waals surface area contributed by atoms with Gasteiger partial charge in [0.05, 0.1) is 15.3 Å². The molecule has 0 fully saturated rings. The predicted octanol–water partition coefficient (Wildman–Crippen LogP) is 3.17. The quantitative estimate of drug-likeness (QED) is 0.553. The molecular formula is C12H9NO. The van der Waals surface area contributed by atoms with Crippen LogP contribution in [0.15, 0.2) is 46.7 Å². The molecule has 0 aliphatic heterocycles. The molecule has 0 saturated heterocycles. The Balaban J connectivity index is 2.73. The topological polar surface area (TPSA) is 39.2 Å². The SMILES string of the molecule is [2H]c1c([2H])c([2H])c2c(oc3c(N)c([2H])c([2H])c([2H])c32)c1[2H]. The van der Waals surface area contributed by atoms with Crippen LogP contribution in [0.5, 0.6) is 0 Å². The average Bonchev–Trinajstić information content (AvgIpc) is 2.87. The van der Waals surface area contributed by atoms with E-state index in [2.05, 4.69) is 0 Å². The molecule has 0 spiro atoms. The Labute approximate surface area is 90.8 Å². The van der Waals surface area contributed by atoms with Gasteiger partial charge in [0.25, 0.3) is 0 Å². The van der Waals surface area contributed by atoms with Crippen LogP contribution >= 0.6 is 0 Å². The highest BCUT2D eigenvalue weighted by atomic mass is 16.3. The van der Waals surface area contributed by atoms with Gasteiger partial charge in [-0.25, -0.2) is 0 Å². The number of anilines is 1. The molecule has 0 aliphatic carbocycles. The second-order valence-corrected chi connectivity index (χ2v) is 2.80. The third-order valence-corrected chi connectivity index (χ3v) is 1.96. The van der Waals surface area contributed by atoms with E-state index in [4.69, 9.17) is 19.7 Å². The molecule has 1 heterocycles. The minimum absolute atomic E-state index is 0.0150. The first-order valence-corrected chi connectivity index (χ1v) is 3.95. The highest BCUT2D eigenvalue weighted by Gasteiger charge is 2.06. The van der Waals surface area contributed by atoms with E-state index in [1.165, 1.54) is 0 Å². The van der Waals surface area contributed by atoms with Gasteiger partial charge < -0.3 is 10.2 Å². The first-order valence-electron chi connectivity index (χ1n) is 7.45. The van der Waals surface area contributed by atoms with Crippen LogP contribution < -0.4 is 5.73 Å². The smallest absolute Gasteiger partial charge is 0.158 e. The number of para-hydroxylation sites is 2. The monoisotopic (exact) mass is 190 g/mol. The first kappa shape index (κ1) is 3.31. The van der Waals surface area contributed by atoms with Crippen molar-refractivity contribution in [3.05, 3.63) is 42.3 Å². The summed E-state index contributed by atoms with van der Waals surface area (Å²) in [5.41, 5.74) is 5.40. The van der Waals surface area contributed by atoms with Gasteiger partial charge in [-0.15, -0.1) is 0 Å². The van der Waals surface area contributed by atoms with Gasteiger partial charge in [0.2, 0.25) is 0 Å². The maximum atomic E-state index is 7.94. The summed E-state index contributed by atoms with van der Waals surface area (Å²) in [6.07, 6.45) is 0. The van der Waals surface area contributed by atoms with Crippen LogP contribution in [0.2, 0.25) is 0 Å². The Hall–Kier alpha value is -1.96. The number of benzene rings is 2. The van der Waals surface area contributed by atoms with E-state index in [0.717, 1.165) is 0 Å². The van der Waals surface area contributed by atoms with Crippen LogP contribution in [0, 0.1) is 0 Å². The minimum Gasteiger partial charge on any atom is -0.454 e. The number of hydrogen-bond acceptors (Lipinski definition) is 2. The van der Waals surface area contributed by atoms with Crippen molar-refractivity contribution in [1.82, 2.24) is 0 Å². The van der Waals surface area contributed by atoms with E-state index in [1.807, 2.05) is 0 Å². The molecule has 14 heavy (non-hydrogen) atoms. The molecule has 2 aromatic carbocycles. The van der Waals surface area contributed by atoms with Gasteiger partial charge in [-0.2, -0.15) is 0 Å². The normalized spacial score (nSPS) is 18.1. The molecule has 2 N–H and O–H groups in total. The van der Waals surface area contributed by atoms with Gasteiger partial charge in [-0.3, -0.25) is 0 Å². The maximum absolute atomic E-state index is 7.94. The summed E-state index contributed by atoms with van der Waals surface area (Å²) in [5, 5.41) is 0.0525. The Morgan fingerprint density at radius 3 is 2.71 bits per heavy atom. The molecule has 0 atom stereocenters. The average molecular weight is 190 g/mol. The molecule has 3 aromatic rings. The van der Waals surface area contributed by atoms with E-state index in [0.29, 0.717) is 0 Å². The molecule has 3 rings (SSSR count). The van der Waals surface area contributed by atoms with E-state index >= 15 is 0 Å². The van der Waals surface area contributed by atoms with Gasteiger partial charge in [0, 0.05) is 10.8 Å². The molecule has 0 bridgehead atoms. The summed E-state index contributed by atoms with van der Waals surface area (Å²) < 4.78 is 59.8. The minimum atomic E-state index is -0.450. The summed E-state index contributed by atoms with van der Waals surface area (Å²) in [6, 6.07) is -2.73. The van der Waals surface area contributed by atoms with E-state index in [9.17, 15) is 0 Å². The van der Waals surface area contributed by atoms with Crippen molar-refractivity contribution in [3.63, 3.8) is 0 Å². The Kier molecular flexibility index (Phi) is 0.595. The van der Waals surface area contributed by atoms with E-state index in [-0.39, 0.29) is 51.8 Å². The van der Waals surface area contributed by atoms with Crippen LogP contribution in [-0.2, 0) is 0 Å². The van der Waals surface area contributed by atoms with Gasteiger partial charge in [0.15, 0.2) is 5.58 Å². The molecule has 68 valence electrons. The molecule has 0 unspecified atom stereocenters. The van der Waals surface area contributed by atoms with E-state index in [1.54, 1.807) is 0 Å². The fraction of sp³-hybridized carbons (Fsp3) is 0. The zero-order valence-corrected chi connectivity index (χ0v) is 6.99. The lowest BCUT2D eigenvalue weighted by Gasteiger charge is -1.91. The zero-order valence-electron chi connectivity index (χ0n) is 14.0. The van der Waals surface area contributed by atoms with Crippen molar-refractivity contribution in [2.24, 2.45) is 0 Å². The zero-order chi connectivity index (χ0) is 15.6. The summed E-state index contributed by atoms with van der Waals surface area (Å²) >= 11 is 0. The summed E-state index contributed by atoms with van der Waals surface area (Å²) in [4.78, 5) is 0. The van der Waals surface area contributed by atoms with Gasteiger partial charge in [-0.05, 0) is 12.1 Å². The van der Waals surface area contributed by atoms with Crippen molar-refractivity contribution in [1.29, 1.82) is 0 Å². The highest BCUT2D eigenvalue weighted by Crippen LogP contribution is 2.31. The molecule has 0 radical (unpaired) electrons. The molecule has 2 heteroatoms. The molecule has 0 saturated carbocycles. The predicted molar refractivity (Wildman–Crippen MR) is 58.1 cm³/mol. The van der Waals surface area contributed by atoms with E-state index < -0.39 is 18.1 Å². The second kappa shape index (κ2) is 2.51. The van der Waals surface area contributed by atoms with Crippen LogP contribution in [0.1, 0.15) is 9.60 Å². The van der Waals surface area contributed by atoms with Crippen LogP contribution in [-0.4, -0.2) is 0 Å². The van der Waals surface area contributed by atoms with Crippen molar-refractivity contribution in [2.75, 3.05) is 5.73 Å². The van der Waals surface area contributed by atoms with Gasteiger partial charge in [-0.1, -0.05) is 30.2 Å². The molecule has 1 aromatic heterocycles. The maximum Gasteiger partial charge on any atom is 0.158 e. The Morgan fingerprint density at radius 2 is 1.79 bits per heavy atom. The summed E-state index contributed by atoms with van der Waals surface area (Å²) in [5.74, 6) is 0. The second-order valence-electron chi connectivity index (χ2n) is 2.80. The third-order valence-electron chi connectivity index (χ3n) is 1.96. The highest BCUT2D eigenvalue weighted by molar-refractivity contribution is 6.08. The summed E-state index contributed by atoms with van der Waals surface area (Å²) in [6.45, 7) is 0. The van der Waals surface area contributed by atoms with Crippen molar-refractivity contribution in [3.8, 4) is 0 Å². The first-order chi connectivity index (χ1) is 9.77. The van der Waals surface area contributed by atoms with Crippen molar-refractivity contribution < 1.29 is 14.0 Å². The largest absolute Gasteiger partial charge is 0.454 e. The fourth-order valence-corrected chi connectivity index (χ4v) is 1.35. The Morgan fingerprint density at radius 1 is 1.00 bits per heavy atom. The number of hydrogen-bond donors (Lipinski definition) is 1. The lowest BCUT2D eigenvalue weighted by Crippen LogP contribution is -1.82. The van der Waals surface area contributed by atoms with Crippen LogP contribution in [0.4, 0.5) is 5.69 Å². The van der Waals surface area contributed by atoms with Gasteiger partial charge in [0.1, 0.15) is 5.58 Å². The number of fused-ring (bicyclic) bond motifs is 3. The molecule has 0 aliphatic rings. The van der Waals surface area contributed by atoms with Crippen molar-refractivity contribution >= 4 is 27.6 Å². The summed E-state index contributed by atoms with van der Waals surface area (Å²) in [7, 11) is 0. The lowest BCUT2D eigenvalue weighted by atomic mass is 10.1. The Bertz CT molecular complexity index is 857. The fourth-order valence-electron chi connectivity index (χ4n) is 1.35.